The Morgan fingerprint density at radius 1 is 1.17 bits per heavy atom. The summed E-state index contributed by atoms with van der Waals surface area (Å²) in [6.45, 7) is 1.86. The Morgan fingerprint density at radius 3 is 2.70 bits per heavy atom. The van der Waals surface area contributed by atoms with Crippen LogP contribution in [0.3, 0.4) is 0 Å². The summed E-state index contributed by atoms with van der Waals surface area (Å²) < 4.78 is 5.97. The third-order valence-electron chi connectivity index (χ3n) is 3.77. The zero-order chi connectivity index (χ0) is 16.0. The molecule has 0 radical (unpaired) electrons. The van der Waals surface area contributed by atoms with Crippen LogP contribution >= 0.6 is 0 Å². The Bertz CT molecular complexity index is 1150. The molecule has 2 heterocycles. The maximum Gasteiger partial charge on any atom is 0.193 e. The third-order valence-corrected chi connectivity index (χ3v) is 3.77. The van der Waals surface area contributed by atoms with Gasteiger partial charge in [-0.1, -0.05) is 0 Å². The predicted octanol–water partition coefficient (Wildman–Crippen LogP) is 3.52. The summed E-state index contributed by atoms with van der Waals surface area (Å²) in [4.78, 5) is 19.9. The van der Waals surface area contributed by atoms with Gasteiger partial charge in [0, 0.05) is 11.6 Å². The van der Waals surface area contributed by atoms with E-state index in [1.807, 2.05) is 6.92 Å². The Labute approximate surface area is 130 Å². The molecule has 0 fully saturated rings. The minimum Gasteiger partial charge on any atom is -0.454 e. The lowest BCUT2D eigenvalue weighted by Crippen LogP contribution is -2.00. The van der Waals surface area contributed by atoms with Crippen molar-refractivity contribution in [3.05, 3.63) is 64.1 Å². The molecule has 0 saturated carbocycles. The van der Waals surface area contributed by atoms with Crippen LogP contribution in [-0.2, 0) is 0 Å². The molecule has 0 aliphatic rings. The standard InChI is InChI=1S/C18H11N3O2/c1-10-20-14-7-6-13-15(22)8-16(23-18(13)17(14)21-10)12-4-2-11(9-19)3-5-12/h2-8H,1H3,(H,20,21). The molecule has 23 heavy (non-hydrogen) atoms. The van der Waals surface area contributed by atoms with E-state index in [1.54, 1.807) is 36.4 Å². The first-order valence-electron chi connectivity index (χ1n) is 7.09. The maximum absolute atomic E-state index is 12.4. The second-order valence-corrected chi connectivity index (χ2v) is 5.32. The minimum atomic E-state index is -0.111. The Balaban J connectivity index is 2.02. The molecule has 0 aliphatic carbocycles. The van der Waals surface area contributed by atoms with Crippen molar-refractivity contribution in [2.24, 2.45) is 0 Å². The molecular formula is C18H11N3O2. The topological polar surface area (TPSA) is 82.7 Å². The van der Waals surface area contributed by atoms with E-state index < -0.39 is 0 Å². The third kappa shape index (κ3) is 2.09. The van der Waals surface area contributed by atoms with Gasteiger partial charge in [0.1, 0.15) is 17.1 Å². The Morgan fingerprint density at radius 2 is 1.96 bits per heavy atom. The van der Waals surface area contributed by atoms with E-state index in [0.29, 0.717) is 27.8 Å². The van der Waals surface area contributed by atoms with E-state index in [2.05, 4.69) is 16.0 Å². The number of aromatic amines is 1. The molecule has 4 rings (SSSR count). The van der Waals surface area contributed by atoms with Crippen molar-refractivity contribution in [3.8, 4) is 17.4 Å². The van der Waals surface area contributed by atoms with Crippen LogP contribution in [0.25, 0.3) is 33.3 Å². The van der Waals surface area contributed by atoms with Crippen molar-refractivity contribution in [3.63, 3.8) is 0 Å². The van der Waals surface area contributed by atoms with Gasteiger partial charge in [-0.15, -0.1) is 0 Å². The van der Waals surface area contributed by atoms with Crippen molar-refractivity contribution in [2.45, 2.75) is 6.92 Å². The molecule has 1 N–H and O–H groups in total. The first-order valence-corrected chi connectivity index (χ1v) is 7.09. The fourth-order valence-electron chi connectivity index (χ4n) is 2.66. The van der Waals surface area contributed by atoms with Crippen LogP contribution in [-0.4, -0.2) is 9.97 Å². The second kappa shape index (κ2) is 4.82. The van der Waals surface area contributed by atoms with Crippen molar-refractivity contribution >= 4 is 22.0 Å². The summed E-state index contributed by atoms with van der Waals surface area (Å²) in [5.74, 6) is 1.23. The Hall–Kier alpha value is -3.39. The molecule has 4 aromatic rings. The number of nitrogens with zero attached hydrogens (tertiary/aromatic N) is 2. The number of imidazole rings is 1. The van der Waals surface area contributed by atoms with Crippen molar-refractivity contribution in [1.29, 1.82) is 5.26 Å². The van der Waals surface area contributed by atoms with Crippen molar-refractivity contribution in [2.75, 3.05) is 0 Å². The van der Waals surface area contributed by atoms with Crippen LogP contribution in [0.4, 0.5) is 0 Å². The number of fused-ring (bicyclic) bond motifs is 3. The number of rotatable bonds is 1. The van der Waals surface area contributed by atoms with Crippen molar-refractivity contribution in [1.82, 2.24) is 9.97 Å². The molecule has 0 amide bonds. The van der Waals surface area contributed by atoms with Gasteiger partial charge in [0.25, 0.3) is 0 Å². The van der Waals surface area contributed by atoms with Gasteiger partial charge in [-0.25, -0.2) is 4.98 Å². The summed E-state index contributed by atoms with van der Waals surface area (Å²) in [6.07, 6.45) is 0. The van der Waals surface area contributed by atoms with Crippen LogP contribution in [0.1, 0.15) is 11.4 Å². The molecule has 2 aromatic carbocycles. The zero-order valence-corrected chi connectivity index (χ0v) is 12.3. The number of aryl methyl sites for hydroxylation is 1. The highest BCUT2D eigenvalue weighted by atomic mass is 16.3. The lowest BCUT2D eigenvalue weighted by atomic mass is 10.1. The molecule has 0 unspecified atom stereocenters. The van der Waals surface area contributed by atoms with Crippen LogP contribution in [0.5, 0.6) is 0 Å². The average molecular weight is 301 g/mol. The smallest absolute Gasteiger partial charge is 0.193 e. The lowest BCUT2D eigenvalue weighted by Gasteiger charge is -2.04. The highest BCUT2D eigenvalue weighted by molar-refractivity contribution is 6.00. The van der Waals surface area contributed by atoms with E-state index in [0.717, 1.165) is 16.9 Å². The molecule has 110 valence electrons. The quantitative estimate of drug-likeness (QED) is 0.583. The first kappa shape index (κ1) is 13.3. The maximum atomic E-state index is 12.4. The molecule has 2 aromatic heterocycles. The number of nitriles is 1. The van der Waals surface area contributed by atoms with E-state index in [-0.39, 0.29) is 5.43 Å². The van der Waals surface area contributed by atoms with Crippen LogP contribution in [0.2, 0.25) is 0 Å². The predicted molar refractivity (Wildman–Crippen MR) is 87.0 cm³/mol. The fraction of sp³-hybridized carbons (Fsp3) is 0.0556. The number of benzene rings is 2. The largest absolute Gasteiger partial charge is 0.454 e. The highest BCUT2D eigenvalue weighted by Crippen LogP contribution is 2.27. The molecule has 5 nitrogen and oxygen atoms in total. The molecule has 0 saturated heterocycles. The van der Waals surface area contributed by atoms with Crippen LogP contribution in [0, 0.1) is 18.3 Å². The molecule has 0 atom stereocenters. The van der Waals surface area contributed by atoms with Gasteiger partial charge < -0.3 is 9.40 Å². The molecular weight excluding hydrogens is 290 g/mol. The zero-order valence-electron chi connectivity index (χ0n) is 12.3. The summed E-state index contributed by atoms with van der Waals surface area (Å²) in [5, 5.41) is 9.38. The highest BCUT2D eigenvalue weighted by Gasteiger charge is 2.12. The lowest BCUT2D eigenvalue weighted by molar-refractivity contribution is 0.621. The monoisotopic (exact) mass is 301 g/mol. The van der Waals surface area contributed by atoms with Crippen LogP contribution in [0.15, 0.2) is 51.7 Å². The summed E-state index contributed by atoms with van der Waals surface area (Å²) >= 11 is 0. The van der Waals surface area contributed by atoms with Gasteiger partial charge in [-0.3, -0.25) is 4.79 Å². The second-order valence-electron chi connectivity index (χ2n) is 5.32. The summed E-state index contributed by atoms with van der Waals surface area (Å²) in [5.41, 5.74) is 3.16. The van der Waals surface area contributed by atoms with Gasteiger partial charge >= 0.3 is 0 Å². The molecule has 0 spiro atoms. The van der Waals surface area contributed by atoms with Crippen molar-refractivity contribution < 1.29 is 4.42 Å². The number of aromatic nitrogens is 2. The number of H-pyrrole nitrogens is 1. The van der Waals surface area contributed by atoms with Gasteiger partial charge in [-0.2, -0.15) is 5.26 Å². The van der Waals surface area contributed by atoms with Gasteiger partial charge in [0.15, 0.2) is 11.0 Å². The average Bonchev–Trinajstić information content (AvgIpc) is 2.95. The van der Waals surface area contributed by atoms with E-state index in [9.17, 15) is 4.79 Å². The van der Waals surface area contributed by atoms with E-state index >= 15 is 0 Å². The Kier molecular flexibility index (Phi) is 2.78. The first-order chi connectivity index (χ1) is 11.2. The number of hydrogen-bond acceptors (Lipinski definition) is 4. The number of nitrogens with one attached hydrogen (secondary N) is 1. The normalized spacial score (nSPS) is 11.0. The van der Waals surface area contributed by atoms with E-state index in [1.165, 1.54) is 6.07 Å². The van der Waals surface area contributed by atoms with Gasteiger partial charge in [-0.05, 0) is 43.3 Å². The number of hydrogen-bond donors (Lipinski definition) is 1. The fourth-order valence-corrected chi connectivity index (χ4v) is 2.66. The molecule has 5 heteroatoms. The molecule has 0 bridgehead atoms. The van der Waals surface area contributed by atoms with E-state index in [4.69, 9.17) is 9.68 Å². The molecule has 0 aliphatic heterocycles. The van der Waals surface area contributed by atoms with Gasteiger partial charge in [0.2, 0.25) is 0 Å². The SMILES string of the molecule is Cc1nc2ccc3c(=O)cc(-c4ccc(C#N)cc4)oc3c2[nH]1. The summed E-state index contributed by atoms with van der Waals surface area (Å²) in [6, 6.07) is 14.0. The summed E-state index contributed by atoms with van der Waals surface area (Å²) in [7, 11) is 0. The van der Waals surface area contributed by atoms with Crippen LogP contribution < -0.4 is 5.43 Å². The van der Waals surface area contributed by atoms with Gasteiger partial charge in [0.05, 0.1) is 22.5 Å². The minimum absolute atomic E-state index is 0.111.